The zero-order chi connectivity index (χ0) is 11.0. The second-order valence-electron chi connectivity index (χ2n) is 4.96. The maximum Gasteiger partial charge on any atom is 0.0701 e. The normalized spacial score (nSPS) is 30.6. The standard InChI is InChI=1S/C12H17BrN2S/c13-12-3-9(8-16-12)6-15-2-1-10-4-14-5-11(10)7-15/h3,8,10-11,14H,1-2,4-7H2. The molecule has 2 aliphatic rings. The molecule has 2 nitrogen and oxygen atoms in total. The highest BCUT2D eigenvalue weighted by molar-refractivity contribution is 9.11. The van der Waals surface area contributed by atoms with Gasteiger partial charge in [0.15, 0.2) is 0 Å². The van der Waals surface area contributed by atoms with Gasteiger partial charge >= 0.3 is 0 Å². The summed E-state index contributed by atoms with van der Waals surface area (Å²) in [6.45, 7) is 6.17. The van der Waals surface area contributed by atoms with E-state index in [1.165, 1.54) is 41.9 Å². The van der Waals surface area contributed by atoms with Gasteiger partial charge in [0.1, 0.15) is 0 Å². The van der Waals surface area contributed by atoms with Gasteiger partial charge in [-0.25, -0.2) is 0 Å². The highest BCUT2D eigenvalue weighted by atomic mass is 79.9. The van der Waals surface area contributed by atoms with E-state index in [0.29, 0.717) is 0 Å². The van der Waals surface area contributed by atoms with Gasteiger partial charge in [0, 0.05) is 13.1 Å². The molecule has 4 heteroatoms. The number of rotatable bonds is 2. The SMILES string of the molecule is Brc1cc(CN2CCC3CNCC3C2)cs1. The fourth-order valence-electron chi connectivity index (χ4n) is 2.94. The number of hydrogen-bond acceptors (Lipinski definition) is 3. The molecule has 16 heavy (non-hydrogen) atoms. The van der Waals surface area contributed by atoms with Gasteiger partial charge in [-0.2, -0.15) is 0 Å². The Balaban J connectivity index is 1.60. The summed E-state index contributed by atoms with van der Waals surface area (Å²) < 4.78 is 1.25. The Kier molecular flexibility index (Phi) is 3.34. The molecule has 88 valence electrons. The number of likely N-dealkylation sites (tertiary alicyclic amines) is 1. The number of thiophene rings is 1. The maximum absolute atomic E-state index is 3.53. The number of fused-ring (bicyclic) bond motifs is 1. The van der Waals surface area contributed by atoms with Crippen LogP contribution in [-0.2, 0) is 6.54 Å². The first-order valence-corrected chi connectivity index (χ1v) is 7.64. The highest BCUT2D eigenvalue weighted by Gasteiger charge is 2.32. The summed E-state index contributed by atoms with van der Waals surface area (Å²) in [5, 5.41) is 5.79. The molecular weight excluding hydrogens is 284 g/mol. The largest absolute Gasteiger partial charge is 0.316 e. The second-order valence-corrected chi connectivity index (χ2v) is 7.25. The van der Waals surface area contributed by atoms with E-state index in [1.807, 2.05) is 0 Å². The zero-order valence-electron chi connectivity index (χ0n) is 9.29. The molecule has 1 aromatic rings. The van der Waals surface area contributed by atoms with E-state index in [1.54, 1.807) is 11.3 Å². The quantitative estimate of drug-likeness (QED) is 0.903. The number of nitrogens with one attached hydrogen (secondary N) is 1. The molecule has 0 saturated carbocycles. The van der Waals surface area contributed by atoms with Crippen molar-refractivity contribution in [3.05, 3.63) is 20.8 Å². The molecule has 2 unspecified atom stereocenters. The number of nitrogens with zero attached hydrogens (tertiary/aromatic N) is 1. The fourth-order valence-corrected chi connectivity index (χ4v) is 4.14. The first-order chi connectivity index (χ1) is 7.81. The summed E-state index contributed by atoms with van der Waals surface area (Å²) in [6.07, 6.45) is 1.38. The average Bonchev–Trinajstić information content (AvgIpc) is 2.87. The van der Waals surface area contributed by atoms with Crippen LogP contribution in [0.1, 0.15) is 12.0 Å². The van der Waals surface area contributed by atoms with Crippen molar-refractivity contribution in [2.24, 2.45) is 11.8 Å². The Hall–Kier alpha value is 0.1000. The monoisotopic (exact) mass is 300 g/mol. The third-order valence-electron chi connectivity index (χ3n) is 3.82. The summed E-state index contributed by atoms with van der Waals surface area (Å²) in [7, 11) is 0. The third kappa shape index (κ3) is 2.35. The van der Waals surface area contributed by atoms with Crippen molar-refractivity contribution in [1.29, 1.82) is 0 Å². The number of piperidine rings is 1. The van der Waals surface area contributed by atoms with Crippen molar-refractivity contribution in [3.8, 4) is 0 Å². The smallest absolute Gasteiger partial charge is 0.0701 e. The van der Waals surface area contributed by atoms with Gasteiger partial charge in [-0.15, -0.1) is 11.3 Å². The molecule has 0 aliphatic carbocycles. The van der Waals surface area contributed by atoms with Crippen LogP contribution in [0, 0.1) is 11.8 Å². The minimum Gasteiger partial charge on any atom is -0.316 e. The Labute approximate surface area is 109 Å². The van der Waals surface area contributed by atoms with Crippen LogP contribution >= 0.6 is 27.3 Å². The van der Waals surface area contributed by atoms with Gasteiger partial charge in [-0.3, -0.25) is 4.90 Å². The summed E-state index contributed by atoms with van der Waals surface area (Å²) in [6, 6.07) is 2.25. The topological polar surface area (TPSA) is 15.3 Å². The first-order valence-electron chi connectivity index (χ1n) is 5.97. The Bertz CT molecular complexity index is 366. The van der Waals surface area contributed by atoms with Crippen molar-refractivity contribution in [2.75, 3.05) is 26.2 Å². The van der Waals surface area contributed by atoms with Gasteiger partial charge in [0.05, 0.1) is 3.79 Å². The molecular formula is C12H17BrN2S. The van der Waals surface area contributed by atoms with Crippen molar-refractivity contribution in [2.45, 2.75) is 13.0 Å². The third-order valence-corrected chi connectivity index (χ3v) is 5.37. The molecule has 3 rings (SSSR count). The lowest BCUT2D eigenvalue weighted by Crippen LogP contribution is -2.39. The van der Waals surface area contributed by atoms with Crippen LogP contribution in [0.25, 0.3) is 0 Å². The summed E-state index contributed by atoms with van der Waals surface area (Å²) in [5.41, 5.74) is 1.46. The van der Waals surface area contributed by atoms with Crippen LogP contribution in [0.2, 0.25) is 0 Å². The van der Waals surface area contributed by atoms with Crippen molar-refractivity contribution in [3.63, 3.8) is 0 Å². The highest BCUT2D eigenvalue weighted by Crippen LogP contribution is 2.28. The van der Waals surface area contributed by atoms with Crippen LogP contribution < -0.4 is 5.32 Å². The average molecular weight is 301 g/mol. The van der Waals surface area contributed by atoms with Crippen LogP contribution in [0.5, 0.6) is 0 Å². The zero-order valence-corrected chi connectivity index (χ0v) is 11.7. The minimum atomic E-state index is 0.899. The van der Waals surface area contributed by atoms with Crippen LogP contribution in [0.3, 0.4) is 0 Å². The van der Waals surface area contributed by atoms with Gasteiger partial charge < -0.3 is 5.32 Å². The van der Waals surface area contributed by atoms with Crippen molar-refractivity contribution < 1.29 is 0 Å². The van der Waals surface area contributed by atoms with Gasteiger partial charge in [-0.1, -0.05) is 0 Å². The van der Waals surface area contributed by atoms with Gasteiger partial charge in [0.25, 0.3) is 0 Å². The Morgan fingerprint density at radius 2 is 2.31 bits per heavy atom. The van der Waals surface area contributed by atoms with E-state index < -0.39 is 0 Å². The lowest BCUT2D eigenvalue weighted by Gasteiger charge is -2.34. The van der Waals surface area contributed by atoms with E-state index in [0.717, 1.165) is 18.4 Å². The molecule has 1 N–H and O–H groups in total. The first kappa shape index (κ1) is 11.2. The minimum absolute atomic E-state index is 0.899. The molecule has 2 aliphatic heterocycles. The molecule has 0 radical (unpaired) electrons. The molecule has 1 aromatic heterocycles. The second kappa shape index (κ2) is 4.77. The van der Waals surface area contributed by atoms with Crippen LogP contribution in [-0.4, -0.2) is 31.1 Å². The molecule has 3 heterocycles. The van der Waals surface area contributed by atoms with E-state index in [2.05, 4.69) is 37.6 Å². The summed E-state index contributed by atoms with van der Waals surface area (Å²) >= 11 is 5.32. The lowest BCUT2D eigenvalue weighted by molar-refractivity contribution is 0.142. The molecule has 0 amide bonds. The predicted octanol–water partition coefficient (Wildman–Crippen LogP) is 2.55. The van der Waals surface area contributed by atoms with E-state index >= 15 is 0 Å². The maximum atomic E-state index is 3.53. The van der Waals surface area contributed by atoms with Gasteiger partial charge in [0.2, 0.25) is 0 Å². The van der Waals surface area contributed by atoms with Gasteiger partial charge in [-0.05, 0) is 70.8 Å². The van der Waals surface area contributed by atoms with E-state index in [-0.39, 0.29) is 0 Å². The van der Waals surface area contributed by atoms with E-state index in [4.69, 9.17) is 0 Å². The van der Waals surface area contributed by atoms with Crippen LogP contribution in [0.15, 0.2) is 15.2 Å². The molecule has 2 saturated heterocycles. The molecule has 0 aromatic carbocycles. The Morgan fingerprint density at radius 3 is 3.12 bits per heavy atom. The fraction of sp³-hybridized carbons (Fsp3) is 0.667. The molecule has 2 fully saturated rings. The number of hydrogen-bond donors (Lipinski definition) is 1. The van der Waals surface area contributed by atoms with Crippen molar-refractivity contribution in [1.82, 2.24) is 10.2 Å². The molecule has 0 bridgehead atoms. The summed E-state index contributed by atoms with van der Waals surface area (Å²) in [5.74, 6) is 1.85. The lowest BCUT2D eigenvalue weighted by atomic mass is 9.88. The predicted molar refractivity (Wildman–Crippen MR) is 71.8 cm³/mol. The molecule has 2 atom stereocenters. The number of halogens is 1. The summed E-state index contributed by atoms with van der Waals surface area (Å²) in [4.78, 5) is 2.61. The Morgan fingerprint density at radius 1 is 1.44 bits per heavy atom. The molecule has 0 spiro atoms. The van der Waals surface area contributed by atoms with Crippen LogP contribution in [0.4, 0.5) is 0 Å². The van der Waals surface area contributed by atoms with Crippen molar-refractivity contribution >= 4 is 27.3 Å². The van der Waals surface area contributed by atoms with E-state index in [9.17, 15) is 0 Å².